The van der Waals surface area contributed by atoms with E-state index in [1.54, 1.807) is 17.2 Å². The Morgan fingerprint density at radius 1 is 1.14 bits per heavy atom. The van der Waals surface area contributed by atoms with Gasteiger partial charge in [-0.2, -0.15) is 15.0 Å². The number of benzene rings is 1. The average molecular weight is 416 g/mol. The van der Waals surface area contributed by atoms with Crippen molar-refractivity contribution in [1.29, 1.82) is 0 Å². The Morgan fingerprint density at radius 2 is 1.83 bits per heavy atom. The van der Waals surface area contributed by atoms with Crippen LogP contribution in [0.2, 0.25) is 5.02 Å². The van der Waals surface area contributed by atoms with E-state index >= 15 is 0 Å². The molecule has 0 saturated carbocycles. The lowest BCUT2D eigenvalue weighted by Gasteiger charge is -2.31. The zero-order valence-corrected chi connectivity index (χ0v) is 16.9. The summed E-state index contributed by atoms with van der Waals surface area (Å²) in [6.07, 6.45) is 4.71. The Labute approximate surface area is 173 Å². The Kier molecular flexibility index (Phi) is 5.75. The average Bonchev–Trinajstić information content (AvgIpc) is 3.39. The molecular formula is C19H22ClN7O2. The van der Waals surface area contributed by atoms with Gasteiger partial charge in [0.25, 0.3) is 0 Å². The fraction of sp³-hybridized carbons (Fsp3) is 0.421. The van der Waals surface area contributed by atoms with Crippen molar-refractivity contribution < 1.29 is 9.53 Å². The number of hydrogen-bond donors (Lipinski definition) is 0. The van der Waals surface area contributed by atoms with Gasteiger partial charge in [0.1, 0.15) is 6.54 Å². The Hall–Kier alpha value is -2.94. The zero-order chi connectivity index (χ0) is 20.2. The molecule has 1 aromatic carbocycles. The second-order valence-corrected chi connectivity index (χ2v) is 7.24. The summed E-state index contributed by atoms with van der Waals surface area (Å²) in [4.78, 5) is 15.8. The molecule has 1 aliphatic rings. The van der Waals surface area contributed by atoms with Crippen molar-refractivity contribution >= 4 is 23.5 Å². The number of carbonyl (C=O) groups is 1. The van der Waals surface area contributed by atoms with E-state index in [4.69, 9.17) is 16.3 Å². The van der Waals surface area contributed by atoms with E-state index in [9.17, 15) is 4.79 Å². The summed E-state index contributed by atoms with van der Waals surface area (Å²) >= 11 is 6.07. The molecule has 0 radical (unpaired) electrons. The number of aromatic nitrogens is 6. The van der Waals surface area contributed by atoms with Gasteiger partial charge in [0.05, 0.1) is 30.6 Å². The normalized spacial score (nSPS) is 14.9. The summed E-state index contributed by atoms with van der Waals surface area (Å²) in [6, 6.07) is 7.54. The summed E-state index contributed by atoms with van der Waals surface area (Å²) < 4.78 is 7.16. The second kappa shape index (κ2) is 8.60. The Balaban J connectivity index is 1.61. The van der Waals surface area contributed by atoms with Crippen LogP contribution in [0.4, 0.5) is 5.95 Å². The molecule has 1 aliphatic heterocycles. The van der Waals surface area contributed by atoms with Crippen molar-refractivity contribution in [2.75, 3.05) is 24.6 Å². The molecule has 0 bridgehead atoms. The number of anilines is 1. The highest BCUT2D eigenvalue weighted by Gasteiger charge is 2.29. The maximum absolute atomic E-state index is 12.0. The van der Waals surface area contributed by atoms with Crippen LogP contribution >= 0.6 is 11.6 Å². The van der Waals surface area contributed by atoms with Crippen LogP contribution < -0.4 is 4.90 Å². The van der Waals surface area contributed by atoms with Gasteiger partial charge in [-0.1, -0.05) is 11.6 Å². The lowest BCUT2D eigenvalue weighted by molar-refractivity contribution is -0.148. The number of piperidine rings is 1. The molecule has 2 aromatic heterocycles. The van der Waals surface area contributed by atoms with E-state index < -0.39 is 0 Å². The molecule has 0 aliphatic carbocycles. The Bertz CT molecular complexity index is 948. The molecule has 0 amide bonds. The van der Waals surface area contributed by atoms with Crippen molar-refractivity contribution in [2.45, 2.75) is 26.3 Å². The number of rotatable bonds is 6. The van der Waals surface area contributed by atoms with Crippen LogP contribution in [0.3, 0.4) is 0 Å². The number of carbonyl (C=O) groups excluding carboxylic acids is 1. The van der Waals surface area contributed by atoms with Crippen LogP contribution in [0.1, 0.15) is 25.6 Å². The molecule has 0 unspecified atom stereocenters. The first kappa shape index (κ1) is 19.4. The van der Waals surface area contributed by atoms with Gasteiger partial charge in [0.2, 0.25) is 5.95 Å². The minimum absolute atomic E-state index is 0.0640. The van der Waals surface area contributed by atoms with Crippen molar-refractivity contribution in [1.82, 2.24) is 29.8 Å². The number of ether oxygens (including phenoxy) is 1. The third-order valence-electron chi connectivity index (χ3n) is 4.94. The van der Waals surface area contributed by atoms with Crippen LogP contribution in [-0.2, 0) is 16.1 Å². The third-order valence-corrected chi connectivity index (χ3v) is 5.20. The number of esters is 1. The summed E-state index contributed by atoms with van der Waals surface area (Å²) in [5, 5.41) is 17.8. The monoisotopic (exact) mass is 415 g/mol. The highest BCUT2D eigenvalue weighted by atomic mass is 35.5. The van der Waals surface area contributed by atoms with Crippen LogP contribution in [0.25, 0.3) is 5.69 Å². The summed E-state index contributed by atoms with van der Waals surface area (Å²) in [5.74, 6) is 1.27. The number of halogens is 1. The van der Waals surface area contributed by atoms with Crippen molar-refractivity contribution in [2.24, 2.45) is 5.92 Å². The molecule has 29 heavy (non-hydrogen) atoms. The first-order chi connectivity index (χ1) is 14.2. The molecule has 9 nitrogen and oxygen atoms in total. The van der Waals surface area contributed by atoms with Gasteiger partial charge in [-0.15, -0.1) is 10.2 Å². The van der Waals surface area contributed by atoms with E-state index in [0.717, 1.165) is 24.5 Å². The smallest absolute Gasteiger partial charge is 0.309 e. The third kappa shape index (κ3) is 4.24. The molecule has 3 heterocycles. The van der Waals surface area contributed by atoms with E-state index in [1.807, 2.05) is 35.8 Å². The van der Waals surface area contributed by atoms with Gasteiger partial charge >= 0.3 is 5.97 Å². The van der Waals surface area contributed by atoms with Gasteiger partial charge in [0.15, 0.2) is 5.82 Å². The van der Waals surface area contributed by atoms with Crippen LogP contribution in [0, 0.1) is 5.92 Å². The SMILES string of the molecule is CCOC(=O)C1CCN(c2nnc(Cn3nccn3)n2-c2ccc(Cl)cc2)CC1. The van der Waals surface area contributed by atoms with Gasteiger partial charge in [-0.3, -0.25) is 9.36 Å². The molecule has 3 aromatic rings. The quantitative estimate of drug-likeness (QED) is 0.570. The molecule has 4 rings (SSSR count). The van der Waals surface area contributed by atoms with Crippen molar-refractivity contribution in [3.8, 4) is 5.69 Å². The van der Waals surface area contributed by atoms with Crippen molar-refractivity contribution in [3.63, 3.8) is 0 Å². The first-order valence-corrected chi connectivity index (χ1v) is 9.99. The molecule has 0 spiro atoms. The topological polar surface area (TPSA) is 91.0 Å². The maximum atomic E-state index is 12.0. The largest absolute Gasteiger partial charge is 0.466 e. The molecule has 152 valence electrons. The molecule has 1 fully saturated rings. The molecular weight excluding hydrogens is 394 g/mol. The standard InChI is InChI=1S/C19H22ClN7O2/c1-2-29-18(28)14-7-11-25(12-8-14)19-24-23-17(13-26-21-9-10-22-26)27(19)16-5-3-15(20)4-6-16/h3-6,9-10,14H,2,7-8,11-13H2,1H3. The lowest BCUT2D eigenvalue weighted by atomic mass is 9.97. The van der Waals surface area contributed by atoms with Crippen LogP contribution in [0.5, 0.6) is 0 Å². The second-order valence-electron chi connectivity index (χ2n) is 6.80. The molecule has 10 heteroatoms. The van der Waals surface area contributed by atoms with Gasteiger partial charge in [-0.25, -0.2) is 0 Å². The predicted molar refractivity (Wildman–Crippen MR) is 107 cm³/mol. The van der Waals surface area contributed by atoms with E-state index in [1.165, 1.54) is 0 Å². The lowest BCUT2D eigenvalue weighted by Crippen LogP contribution is -2.38. The summed E-state index contributed by atoms with van der Waals surface area (Å²) in [6.45, 7) is 4.04. The van der Waals surface area contributed by atoms with Crippen molar-refractivity contribution in [3.05, 3.63) is 47.5 Å². The Morgan fingerprint density at radius 3 is 2.48 bits per heavy atom. The van der Waals surface area contributed by atoms with Crippen LogP contribution in [0.15, 0.2) is 36.7 Å². The number of hydrogen-bond acceptors (Lipinski definition) is 7. The van der Waals surface area contributed by atoms with Crippen LogP contribution in [-0.4, -0.2) is 55.4 Å². The van der Waals surface area contributed by atoms with Gasteiger partial charge in [-0.05, 0) is 44.0 Å². The fourth-order valence-corrected chi connectivity index (χ4v) is 3.62. The summed E-state index contributed by atoms with van der Waals surface area (Å²) in [5.41, 5.74) is 0.907. The van der Waals surface area contributed by atoms with E-state index in [0.29, 0.717) is 37.1 Å². The summed E-state index contributed by atoms with van der Waals surface area (Å²) in [7, 11) is 0. The fourth-order valence-electron chi connectivity index (χ4n) is 3.50. The van der Waals surface area contributed by atoms with Gasteiger partial charge in [0, 0.05) is 18.1 Å². The molecule has 0 N–H and O–H groups in total. The highest BCUT2D eigenvalue weighted by molar-refractivity contribution is 6.30. The maximum Gasteiger partial charge on any atom is 0.309 e. The first-order valence-electron chi connectivity index (χ1n) is 9.61. The zero-order valence-electron chi connectivity index (χ0n) is 16.1. The molecule has 1 saturated heterocycles. The minimum atomic E-state index is -0.114. The highest BCUT2D eigenvalue weighted by Crippen LogP contribution is 2.27. The molecule has 0 atom stereocenters. The van der Waals surface area contributed by atoms with E-state index in [2.05, 4.69) is 25.3 Å². The van der Waals surface area contributed by atoms with E-state index in [-0.39, 0.29) is 11.9 Å². The number of nitrogens with zero attached hydrogens (tertiary/aromatic N) is 7. The van der Waals surface area contributed by atoms with Gasteiger partial charge < -0.3 is 9.64 Å². The minimum Gasteiger partial charge on any atom is -0.466 e. The predicted octanol–water partition coefficient (Wildman–Crippen LogP) is 2.34.